The third kappa shape index (κ3) is 7.52. The van der Waals surface area contributed by atoms with Crippen LogP contribution in [0, 0.1) is 6.92 Å². The minimum absolute atomic E-state index is 0.0267. The number of amides is 4. The van der Waals surface area contributed by atoms with E-state index in [9.17, 15) is 14.4 Å². The number of aryl methyl sites for hydroxylation is 1. The Kier molecular flexibility index (Phi) is 9.99. The first-order chi connectivity index (χ1) is 23.8. The van der Waals surface area contributed by atoms with E-state index in [1.165, 1.54) is 6.42 Å². The summed E-state index contributed by atoms with van der Waals surface area (Å²) in [5, 5.41) is 14.2. The average molecular weight is 672 g/mol. The Labute approximate surface area is 287 Å². The fourth-order valence-electron chi connectivity index (χ4n) is 8.09. The molecular formula is C36H49N9O4. The summed E-state index contributed by atoms with van der Waals surface area (Å²) in [7, 11) is 2.18. The van der Waals surface area contributed by atoms with Crippen LogP contribution in [0.15, 0.2) is 36.4 Å². The molecular weight excluding hydrogens is 622 g/mol. The van der Waals surface area contributed by atoms with Crippen LogP contribution in [0.2, 0.25) is 0 Å². The number of benzene rings is 2. The van der Waals surface area contributed by atoms with Crippen LogP contribution in [0.5, 0.6) is 0 Å². The van der Waals surface area contributed by atoms with Gasteiger partial charge in [0.1, 0.15) is 11.0 Å². The Balaban J connectivity index is 0.996. The highest BCUT2D eigenvalue weighted by atomic mass is 16.6. The van der Waals surface area contributed by atoms with Crippen molar-refractivity contribution in [3.63, 3.8) is 0 Å². The number of carbonyl (C=O) groups excluding carboxylic acids is 3. The quantitative estimate of drug-likeness (QED) is 0.408. The van der Waals surface area contributed by atoms with E-state index in [1.54, 1.807) is 4.90 Å². The number of anilines is 1. The topological polar surface area (TPSA) is 130 Å². The lowest BCUT2D eigenvalue weighted by molar-refractivity contribution is -0.142. The number of H-pyrrole nitrogens is 1. The van der Waals surface area contributed by atoms with Crippen molar-refractivity contribution in [2.45, 2.75) is 70.1 Å². The number of urea groups is 1. The Morgan fingerprint density at radius 1 is 0.898 bits per heavy atom. The fraction of sp³-hybridized carbons (Fsp3) is 0.583. The molecule has 0 unspecified atom stereocenters. The van der Waals surface area contributed by atoms with Crippen molar-refractivity contribution in [1.29, 1.82) is 0 Å². The molecule has 4 amide bonds. The minimum Gasteiger partial charge on any atom is -0.436 e. The summed E-state index contributed by atoms with van der Waals surface area (Å²) in [6.45, 7) is 9.18. The van der Waals surface area contributed by atoms with Gasteiger partial charge in [0.25, 0.3) is 5.91 Å². The first-order valence-corrected chi connectivity index (χ1v) is 17.9. The summed E-state index contributed by atoms with van der Waals surface area (Å²) in [5.74, 6) is -0.143. The lowest BCUT2D eigenvalue weighted by atomic mass is 10.00. The van der Waals surface area contributed by atoms with Gasteiger partial charge in [-0.2, -0.15) is 15.4 Å². The number of ether oxygens (including phenoxy) is 1. The Hall–Kier alpha value is -4.23. The Bertz CT molecular complexity index is 1650. The average Bonchev–Trinajstić information content (AvgIpc) is 3.40. The summed E-state index contributed by atoms with van der Waals surface area (Å²) < 4.78 is 6.12. The fourth-order valence-corrected chi connectivity index (χ4v) is 8.09. The molecule has 3 fully saturated rings. The molecule has 0 saturated carbocycles. The third-order valence-corrected chi connectivity index (χ3v) is 11.0. The van der Waals surface area contributed by atoms with Crippen LogP contribution in [-0.4, -0.2) is 142 Å². The lowest BCUT2D eigenvalue weighted by Gasteiger charge is -2.40. The Morgan fingerprint density at radius 3 is 2.47 bits per heavy atom. The molecule has 13 nitrogen and oxygen atoms in total. The number of rotatable bonds is 6. The second-order valence-electron chi connectivity index (χ2n) is 14.2. The second-order valence-corrected chi connectivity index (χ2v) is 14.2. The van der Waals surface area contributed by atoms with E-state index in [0.717, 1.165) is 78.9 Å². The molecule has 13 heteroatoms. The van der Waals surface area contributed by atoms with Crippen LogP contribution in [0.4, 0.5) is 15.3 Å². The van der Waals surface area contributed by atoms with Gasteiger partial charge in [0.2, 0.25) is 0 Å². The van der Waals surface area contributed by atoms with Crippen molar-refractivity contribution in [1.82, 2.24) is 39.9 Å². The number of piperidine rings is 2. The van der Waals surface area contributed by atoms with Crippen LogP contribution >= 0.6 is 0 Å². The number of hydrogen-bond donors (Lipinski definition) is 2. The van der Waals surface area contributed by atoms with E-state index in [4.69, 9.17) is 4.74 Å². The highest BCUT2D eigenvalue weighted by Gasteiger charge is 2.36. The molecule has 3 saturated heterocycles. The van der Waals surface area contributed by atoms with Gasteiger partial charge in [-0.3, -0.25) is 9.69 Å². The van der Waals surface area contributed by atoms with Gasteiger partial charge in [0.05, 0.1) is 0 Å². The zero-order chi connectivity index (χ0) is 33.9. The minimum atomic E-state index is -0.952. The van der Waals surface area contributed by atoms with Crippen LogP contribution in [0.1, 0.15) is 48.8 Å². The highest BCUT2D eigenvalue weighted by molar-refractivity contribution is 5.91. The van der Waals surface area contributed by atoms with Crippen LogP contribution in [0.25, 0.3) is 11.0 Å². The molecule has 262 valence electrons. The van der Waals surface area contributed by atoms with Crippen LogP contribution in [-0.2, 0) is 22.4 Å². The normalized spacial score (nSPS) is 21.2. The first-order valence-electron chi connectivity index (χ1n) is 17.9. The molecule has 2 N–H and O–H groups in total. The number of para-hydroxylation sites is 1. The number of carbonyl (C=O) groups is 3. The predicted octanol–water partition coefficient (Wildman–Crippen LogP) is 3.50. The summed E-state index contributed by atoms with van der Waals surface area (Å²) >= 11 is 0. The second kappa shape index (κ2) is 14.7. The van der Waals surface area contributed by atoms with Crippen molar-refractivity contribution in [3.05, 3.63) is 53.1 Å². The molecule has 4 aliphatic heterocycles. The van der Waals surface area contributed by atoms with Crippen molar-refractivity contribution < 1.29 is 19.1 Å². The molecule has 3 aromatic rings. The van der Waals surface area contributed by atoms with Gasteiger partial charge in [-0.15, -0.1) is 0 Å². The van der Waals surface area contributed by atoms with Crippen LogP contribution in [0.3, 0.4) is 0 Å². The van der Waals surface area contributed by atoms with Crippen molar-refractivity contribution >= 4 is 34.8 Å². The van der Waals surface area contributed by atoms with Crippen LogP contribution < -0.4 is 5.32 Å². The molecule has 0 bridgehead atoms. The maximum atomic E-state index is 14.1. The van der Waals surface area contributed by atoms with E-state index in [0.29, 0.717) is 51.6 Å². The van der Waals surface area contributed by atoms with E-state index in [2.05, 4.69) is 43.6 Å². The van der Waals surface area contributed by atoms with Gasteiger partial charge in [-0.25, -0.2) is 9.59 Å². The monoisotopic (exact) mass is 671 g/mol. The highest BCUT2D eigenvalue weighted by Crippen LogP contribution is 2.26. The van der Waals surface area contributed by atoms with Gasteiger partial charge in [-0.1, -0.05) is 24.3 Å². The zero-order valence-electron chi connectivity index (χ0n) is 28.8. The number of nitrogens with one attached hydrogen (secondary N) is 2. The molecule has 0 aliphatic carbocycles. The summed E-state index contributed by atoms with van der Waals surface area (Å²) in [4.78, 5) is 51.4. The number of likely N-dealkylation sites (N-methyl/N-ethyl adjacent to an activating group) is 1. The zero-order valence-corrected chi connectivity index (χ0v) is 28.8. The largest absolute Gasteiger partial charge is 0.436 e. The molecule has 5 heterocycles. The molecule has 0 spiro atoms. The summed E-state index contributed by atoms with van der Waals surface area (Å²) in [5.41, 5.74) is 5.33. The van der Waals surface area contributed by atoms with Crippen molar-refractivity contribution in [2.24, 2.45) is 0 Å². The molecule has 4 aliphatic rings. The molecule has 1 atom stereocenters. The van der Waals surface area contributed by atoms with Gasteiger partial charge >= 0.3 is 12.1 Å². The first kappa shape index (κ1) is 33.3. The molecule has 7 rings (SSSR count). The summed E-state index contributed by atoms with van der Waals surface area (Å²) in [6, 6.07) is 12.2. The maximum Gasteiger partial charge on any atom is 0.410 e. The number of likely N-dealkylation sites (tertiary alicyclic amines) is 2. The number of nitrogens with zero attached hydrogens (tertiary/aromatic N) is 7. The molecule has 49 heavy (non-hydrogen) atoms. The molecule has 2 aromatic carbocycles. The van der Waals surface area contributed by atoms with Crippen molar-refractivity contribution in [2.75, 3.05) is 71.3 Å². The van der Waals surface area contributed by atoms with E-state index < -0.39 is 12.2 Å². The lowest BCUT2D eigenvalue weighted by Crippen LogP contribution is -2.52. The van der Waals surface area contributed by atoms with Gasteiger partial charge in [-0.05, 0) is 94.4 Å². The predicted molar refractivity (Wildman–Crippen MR) is 186 cm³/mol. The van der Waals surface area contributed by atoms with Gasteiger partial charge < -0.3 is 29.7 Å². The standard InChI is InChI=1S/C36H49N9O4/c1-25-22-26(23-31-33(25)39-40-38-31)24-32(34(46)43-15-9-28(10-16-43)42-14-5-13-41(2)20-21-42)49-36(48)44-17-11-29(12-18-44)45-19-8-27-6-3-4-7-30(27)37-35(45)47/h3-4,6-7,22-23,28-29,32H,5,8-21,24H2,1-2H3,(H,37,47)(H,38,39,40)/t32-/m1/s1. The Morgan fingerprint density at radius 2 is 1.65 bits per heavy atom. The molecule has 1 aromatic heterocycles. The molecule has 0 radical (unpaired) electrons. The number of fused-ring (bicyclic) bond motifs is 2. The number of hydrogen-bond acceptors (Lipinski definition) is 8. The maximum absolute atomic E-state index is 14.1. The van der Waals surface area contributed by atoms with Gasteiger partial charge in [0.15, 0.2) is 6.10 Å². The summed E-state index contributed by atoms with van der Waals surface area (Å²) in [6.07, 6.45) is 3.92. The number of aromatic amines is 1. The van der Waals surface area contributed by atoms with Gasteiger partial charge in [0, 0.05) is 70.0 Å². The van der Waals surface area contributed by atoms with E-state index in [-0.39, 0.29) is 24.4 Å². The van der Waals surface area contributed by atoms with E-state index in [1.807, 2.05) is 47.1 Å². The third-order valence-electron chi connectivity index (χ3n) is 11.0. The number of aromatic nitrogens is 3. The smallest absolute Gasteiger partial charge is 0.410 e. The van der Waals surface area contributed by atoms with E-state index >= 15 is 0 Å². The SMILES string of the molecule is Cc1cc(C[C@@H](OC(=O)N2CCC(N3CCc4ccccc4NC3=O)CC2)C(=O)N2CCC(N3CCCN(C)CC3)CC2)cc2n[nH]nc12. The van der Waals surface area contributed by atoms with Crippen molar-refractivity contribution in [3.8, 4) is 0 Å².